The van der Waals surface area contributed by atoms with E-state index >= 15 is 0 Å². The van der Waals surface area contributed by atoms with Crippen LogP contribution in [0.15, 0.2) is 11.6 Å². The minimum absolute atomic E-state index is 0.352. The zero-order chi connectivity index (χ0) is 6.85. The Balaban J connectivity index is 2.68. The van der Waals surface area contributed by atoms with Gasteiger partial charge in [0.1, 0.15) is 0 Å². The van der Waals surface area contributed by atoms with Gasteiger partial charge in [0.25, 0.3) is 0 Å². The Morgan fingerprint density at radius 3 is 2.67 bits per heavy atom. The van der Waals surface area contributed by atoms with Crippen LogP contribution in [0.25, 0.3) is 0 Å². The number of Topliss-reactive ketones (excluding diaryl/α,β-unsaturated/α-hetero) is 1. The Morgan fingerprint density at radius 2 is 2.44 bits per heavy atom. The third-order valence-corrected chi connectivity index (χ3v) is 1.73. The molecule has 1 aliphatic carbocycles. The summed E-state index contributed by atoms with van der Waals surface area (Å²) in [7, 11) is 0. The predicted octanol–water partition coefficient (Wildman–Crippen LogP) is 1.93. The zero-order valence-corrected chi connectivity index (χ0v) is 5.98. The van der Waals surface area contributed by atoms with Gasteiger partial charge in [-0.15, -0.1) is 0 Å². The van der Waals surface area contributed by atoms with Crippen LogP contribution in [0.4, 0.5) is 0 Å². The smallest absolute Gasteiger partial charge is 0.159 e. The van der Waals surface area contributed by atoms with Gasteiger partial charge in [0.05, 0.1) is 0 Å². The number of carbonyl (C=O) groups excluding carboxylic acids is 1. The number of hydrogen-bond donors (Lipinski definition) is 0. The lowest BCUT2D eigenvalue weighted by atomic mass is 10.1. The molecule has 0 N–H and O–H groups in total. The van der Waals surface area contributed by atoms with Crippen LogP contribution < -0.4 is 0 Å². The summed E-state index contributed by atoms with van der Waals surface area (Å²) in [6.07, 6.45) is 3.73. The molecule has 0 bridgehead atoms. The highest BCUT2D eigenvalue weighted by atomic mass is 16.1. The molecular weight excluding hydrogens is 112 g/mol. The van der Waals surface area contributed by atoms with Crippen LogP contribution >= 0.6 is 0 Å². The highest BCUT2D eigenvalue weighted by molar-refractivity contribution is 5.97. The maximum Gasteiger partial charge on any atom is 0.159 e. The molecule has 0 aromatic rings. The number of allylic oxidation sites excluding steroid dienone is 2. The van der Waals surface area contributed by atoms with Gasteiger partial charge in [-0.05, 0) is 17.9 Å². The Hall–Kier alpha value is -0.590. The number of rotatable bonds is 1. The second-order valence-electron chi connectivity index (χ2n) is 2.65. The molecule has 0 aromatic heterocycles. The van der Waals surface area contributed by atoms with Gasteiger partial charge < -0.3 is 0 Å². The van der Waals surface area contributed by atoms with Gasteiger partial charge in [0.2, 0.25) is 0 Å². The molecule has 0 fully saturated rings. The van der Waals surface area contributed by atoms with E-state index in [0.717, 1.165) is 18.4 Å². The van der Waals surface area contributed by atoms with Gasteiger partial charge in [-0.3, -0.25) is 4.79 Å². The van der Waals surface area contributed by atoms with E-state index in [1.54, 1.807) is 0 Å². The second-order valence-corrected chi connectivity index (χ2v) is 2.65. The van der Waals surface area contributed by atoms with E-state index in [2.05, 4.69) is 13.0 Å². The van der Waals surface area contributed by atoms with E-state index in [1.807, 2.05) is 6.92 Å². The Morgan fingerprint density at radius 1 is 1.78 bits per heavy atom. The van der Waals surface area contributed by atoms with Crippen LogP contribution in [0.3, 0.4) is 0 Å². The first-order valence-electron chi connectivity index (χ1n) is 3.48. The molecule has 50 valence electrons. The second kappa shape index (κ2) is 2.34. The van der Waals surface area contributed by atoms with Crippen LogP contribution in [-0.4, -0.2) is 5.78 Å². The highest BCUT2D eigenvalue weighted by Crippen LogP contribution is 2.21. The van der Waals surface area contributed by atoms with Gasteiger partial charge in [-0.1, -0.05) is 19.9 Å². The lowest BCUT2D eigenvalue weighted by molar-refractivity contribution is -0.115. The maximum absolute atomic E-state index is 10.9. The molecule has 1 heteroatoms. The van der Waals surface area contributed by atoms with Crippen LogP contribution in [0, 0.1) is 5.92 Å². The largest absolute Gasteiger partial charge is 0.295 e. The van der Waals surface area contributed by atoms with E-state index in [-0.39, 0.29) is 0 Å². The van der Waals surface area contributed by atoms with Crippen LogP contribution in [0.2, 0.25) is 0 Å². The Labute approximate surface area is 55.8 Å². The molecule has 9 heavy (non-hydrogen) atoms. The average molecular weight is 124 g/mol. The lowest BCUT2D eigenvalue weighted by Gasteiger charge is -1.90. The molecule has 0 saturated carbocycles. The van der Waals surface area contributed by atoms with Crippen molar-refractivity contribution in [2.24, 2.45) is 5.92 Å². The van der Waals surface area contributed by atoms with E-state index in [1.165, 1.54) is 0 Å². The van der Waals surface area contributed by atoms with Gasteiger partial charge in [-0.2, -0.15) is 0 Å². The molecule has 0 heterocycles. The summed E-state index contributed by atoms with van der Waals surface area (Å²) in [6, 6.07) is 0. The predicted molar refractivity (Wildman–Crippen MR) is 37.2 cm³/mol. The van der Waals surface area contributed by atoms with Crippen LogP contribution in [-0.2, 0) is 4.79 Å². The van der Waals surface area contributed by atoms with Crippen molar-refractivity contribution in [2.75, 3.05) is 0 Å². The average Bonchev–Trinajstić information content (AvgIpc) is 2.10. The molecule has 0 unspecified atom stereocenters. The first kappa shape index (κ1) is 6.53. The summed E-state index contributed by atoms with van der Waals surface area (Å²) in [5.41, 5.74) is 1.03. The van der Waals surface area contributed by atoms with Crippen molar-refractivity contribution >= 4 is 5.78 Å². The van der Waals surface area contributed by atoms with E-state index in [9.17, 15) is 4.79 Å². The van der Waals surface area contributed by atoms with Crippen molar-refractivity contribution < 1.29 is 4.79 Å². The quantitative estimate of drug-likeness (QED) is 0.522. The molecule has 0 amide bonds. The van der Waals surface area contributed by atoms with Crippen molar-refractivity contribution in [3.63, 3.8) is 0 Å². The SMILES string of the molecule is CCC1=C[C@H](C)CC1=O. The number of hydrogen-bond acceptors (Lipinski definition) is 1. The molecule has 0 spiro atoms. The normalized spacial score (nSPS) is 26.7. The summed E-state index contributed by atoms with van der Waals surface area (Å²) in [6.45, 7) is 4.11. The minimum Gasteiger partial charge on any atom is -0.295 e. The van der Waals surface area contributed by atoms with Crippen molar-refractivity contribution in [1.82, 2.24) is 0 Å². The molecule has 0 saturated heterocycles. The third-order valence-electron chi connectivity index (χ3n) is 1.73. The summed E-state index contributed by atoms with van der Waals surface area (Å²) in [5, 5.41) is 0. The molecule has 1 rings (SSSR count). The summed E-state index contributed by atoms with van der Waals surface area (Å²) in [4.78, 5) is 10.9. The molecular formula is C8H12O. The highest BCUT2D eigenvalue weighted by Gasteiger charge is 2.18. The lowest BCUT2D eigenvalue weighted by Crippen LogP contribution is -1.94. The fourth-order valence-electron chi connectivity index (χ4n) is 1.23. The van der Waals surface area contributed by atoms with Gasteiger partial charge in [0, 0.05) is 6.42 Å². The fourth-order valence-corrected chi connectivity index (χ4v) is 1.23. The molecule has 0 aromatic carbocycles. The Bertz CT molecular complexity index is 156. The monoisotopic (exact) mass is 124 g/mol. The van der Waals surface area contributed by atoms with Crippen LogP contribution in [0.5, 0.6) is 0 Å². The first-order valence-corrected chi connectivity index (χ1v) is 3.48. The Kier molecular flexibility index (Phi) is 1.70. The van der Waals surface area contributed by atoms with Gasteiger partial charge >= 0.3 is 0 Å². The van der Waals surface area contributed by atoms with Crippen LogP contribution in [0.1, 0.15) is 26.7 Å². The van der Waals surface area contributed by atoms with E-state index < -0.39 is 0 Å². The summed E-state index contributed by atoms with van der Waals surface area (Å²) >= 11 is 0. The van der Waals surface area contributed by atoms with Crippen molar-refractivity contribution in [3.05, 3.63) is 11.6 Å². The summed E-state index contributed by atoms with van der Waals surface area (Å²) < 4.78 is 0. The standard InChI is InChI=1S/C8H12O/c1-3-7-4-6(2)5-8(7)9/h4,6H,3,5H2,1-2H3/t6-/m0/s1. The zero-order valence-electron chi connectivity index (χ0n) is 5.98. The third kappa shape index (κ3) is 1.21. The molecule has 0 aliphatic heterocycles. The maximum atomic E-state index is 10.9. The van der Waals surface area contributed by atoms with E-state index in [4.69, 9.17) is 0 Å². The van der Waals surface area contributed by atoms with Gasteiger partial charge in [0.15, 0.2) is 5.78 Å². The van der Waals surface area contributed by atoms with Crippen molar-refractivity contribution in [1.29, 1.82) is 0 Å². The first-order chi connectivity index (χ1) is 4.24. The molecule has 1 atom stereocenters. The molecule has 1 aliphatic rings. The molecule has 1 nitrogen and oxygen atoms in total. The van der Waals surface area contributed by atoms with Crippen molar-refractivity contribution in [3.8, 4) is 0 Å². The summed E-state index contributed by atoms with van der Waals surface area (Å²) in [5.74, 6) is 0.845. The topological polar surface area (TPSA) is 17.1 Å². The molecule has 0 radical (unpaired) electrons. The number of ketones is 1. The number of carbonyl (C=O) groups is 1. The fraction of sp³-hybridized carbons (Fsp3) is 0.625. The minimum atomic E-state index is 0.352. The van der Waals surface area contributed by atoms with Crippen molar-refractivity contribution in [2.45, 2.75) is 26.7 Å². The van der Waals surface area contributed by atoms with Gasteiger partial charge in [-0.25, -0.2) is 0 Å². The van der Waals surface area contributed by atoms with E-state index in [0.29, 0.717) is 11.7 Å².